The van der Waals surface area contributed by atoms with Gasteiger partial charge in [0.05, 0.1) is 17.8 Å². The Hall–Kier alpha value is -2.02. The lowest BCUT2D eigenvalue weighted by Gasteiger charge is -2.39. The number of para-hydroxylation sites is 1. The quantitative estimate of drug-likeness (QED) is 0.821. The van der Waals surface area contributed by atoms with E-state index in [1.165, 1.54) is 31.7 Å². The number of aromatic nitrogens is 4. The number of tetrazole rings is 1. The van der Waals surface area contributed by atoms with Crippen LogP contribution in [0.1, 0.15) is 56.9 Å². The molecule has 4 rings (SSSR count). The van der Waals surface area contributed by atoms with Crippen molar-refractivity contribution in [2.75, 3.05) is 31.1 Å². The van der Waals surface area contributed by atoms with Gasteiger partial charge in [0.1, 0.15) is 5.82 Å². The molecular weight excluding hydrogens is 331 g/mol. The molecule has 2 heterocycles. The lowest BCUT2D eigenvalue weighted by atomic mass is 10.1. The molecule has 26 heavy (non-hydrogen) atoms. The van der Waals surface area contributed by atoms with Gasteiger partial charge in [0, 0.05) is 26.2 Å². The molecule has 2 aromatic rings. The first kappa shape index (κ1) is 17.4. The summed E-state index contributed by atoms with van der Waals surface area (Å²) in [6.45, 7) is 5.63. The van der Waals surface area contributed by atoms with E-state index in [4.69, 9.17) is 0 Å². The minimum atomic E-state index is -0.141. The Morgan fingerprint density at radius 1 is 1.12 bits per heavy atom. The summed E-state index contributed by atoms with van der Waals surface area (Å²) in [6, 6.07) is 7.72. The smallest absolute Gasteiger partial charge is 0.168 e. The van der Waals surface area contributed by atoms with Gasteiger partial charge in [-0.2, -0.15) is 0 Å². The Bertz CT molecular complexity index is 718. The molecule has 1 aliphatic carbocycles. The van der Waals surface area contributed by atoms with Crippen molar-refractivity contribution < 1.29 is 4.39 Å². The first-order valence-electron chi connectivity index (χ1n) is 9.79. The van der Waals surface area contributed by atoms with Crippen LogP contribution in [0.5, 0.6) is 0 Å². The number of hydrogen-bond acceptors (Lipinski definition) is 5. The van der Waals surface area contributed by atoms with Crippen molar-refractivity contribution in [3.05, 3.63) is 35.9 Å². The van der Waals surface area contributed by atoms with Gasteiger partial charge in [-0.25, -0.2) is 9.07 Å². The summed E-state index contributed by atoms with van der Waals surface area (Å²) in [5.41, 5.74) is 0.705. The summed E-state index contributed by atoms with van der Waals surface area (Å²) < 4.78 is 16.1. The van der Waals surface area contributed by atoms with E-state index >= 15 is 0 Å². The van der Waals surface area contributed by atoms with Crippen LogP contribution >= 0.6 is 0 Å². The van der Waals surface area contributed by atoms with Gasteiger partial charge in [0.2, 0.25) is 0 Å². The van der Waals surface area contributed by atoms with Crippen LogP contribution in [0.2, 0.25) is 0 Å². The molecule has 0 N–H and O–H groups in total. The molecule has 1 atom stereocenters. The molecule has 1 aromatic carbocycles. The second-order valence-electron chi connectivity index (χ2n) is 7.32. The van der Waals surface area contributed by atoms with E-state index in [1.54, 1.807) is 6.07 Å². The normalized spacial score (nSPS) is 20.6. The molecule has 1 saturated heterocycles. The predicted molar refractivity (Wildman–Crippen MR) is 98.5 cm³/mol. The molecule has 0 bridgehead atoms. The Balaban J connectivity index is 1.46. The molecular formula is C19H27FN6. The zero-order valence-electron chi connectivity index (χ0n) is 15.4. The maximum Gasteiger partial charge on any atom is 0.168 e. The van der Waals surface area contributed by atoms with E-state index in [2.05, 4.69) is 36.9 Å². The first-order chi connectivity index (χ1) is 12.8. The third-order valence-electron chi connectivity index (χ3n) is 5.82. The summed E-state index contributed by atoms with van der Waals surface area (Å²) in [6.07, 6.45) is 5.86. The Morgan fingerprint density at radius 2 is 1.85 bits per heavy atom. The maximum atomic E-state index is 14.1. The van der Waals surface area contributed by atoms with Crippen molar-refractivity contribution in [3.63, 3.8) is 0 Å². The van der Waals surface area contributed by atoms with Crippen molar-refractivity contribution in [1.29, 1.82) is 0 Å². The Kier molecular flexibility index (Phi) is 5.15. The molecule has 0 amide bonds. The molecule has 7 heteroatoms. The maximum absolute atomic E-state index is 14.1. The van der Waals surface area contributed by atoms with Gasteiger partial charge >= 0.3 is 0 Å². The average Bonchev–Trinajstić information content (AvgIpc) is 3.35. The van der Waals surface area contributed by atoms with Crippen LogP contribution in [0.25, 0.3) is 0 Å². The van der Waals surface area contributed by atoms with Crippen LogP contribution < -0.4 is 4.90 Å². The van der Waals surface area contributed by atoms with Crippen LogP contribution in [0, 0.1) is 5.82 Å². The van der Waals surface area contributed by atoms with Gasteiger partial charge in [-0.1, -0.05) is 31.9 Å². The highest BCUT2D eigenvalue weighted by Gasteiger charge is 2.31. The Labute approximate surface area is 154 Å². The number of anilines is 1. The summed E-state index contributed by atoms with van der Waals surface area (Å²) >= 11 is 0. The SMILES string of the molecule is CC[C@H](c1nnnn1C1CCCC1)N1CCN(c2ccccc2F)CC1. The second-order valence-corrected chi connectivity index (χ2v) is 7.32. The fourth-order valence-corrected chi connectivity index (χ4v) is 4.42. The van der Waals surface area contributed by atoms with Crippen molar-refractivity contribution >= 4 is 5.69 Å². The van der Waals surface area contributed by atoms with Crippen molar-refractivity contribution in [2.45, 2.75) is 51.1 Å². The lowest BCUT2D eigenvalue weighted by Crippen LogP contribution is -2.48. The zero-order chi connectivity index (χ0) is 17.9. The van der Waals surface area contributed by atoms with E-state index in [-0.39, 0.29) is 11.9 Å². The Morgan fingerprint density at radius 3 is 2.54 bits per heavy atom. The summed E-state index contributed by atoms with van der Waals surface area (Å²) in [7, 11) is 0. The minimum Gasteiger partial charge on any atom is -0.367 e. The monoisotopic (exact) mass is 358 g/mol. The standard InChI is InChI=1S/C19H27FN6/c1-2-17(19-21-22-23-26(19)15-7-3-4-8-15)24-11-13-25(14-12-24)18-10-6-5-9-16(18)20/h5-6,9-10,15,17H,2-4,7-8,11-14H2,1H3/t17-/m1/s1. The fourth-order valence-electron chi connectivity index (χ4n) is 4.42. The highest BCUT2D eigenvalue weighted by molar-refractivity contribution is 5.48. The minimum absolute atomic E-state index is 0.141. The molecule has 2 aliphatic rings. The highest BCUT2D eigenvalue weighted by atomic mass is 19.1. The van der Waals surface area contributed by atoms with E-state index in [0.29, 0.717) is 11.7 Å². The van der Waals surface area contributed by atoms with E-state index in [1.807, 2.05) is 12.1 Å². The molecule has 140 valence electrons. The van der Waals surface area contributed by atoms with Gasteiger partial charge in [-0.3, -0.25) is 4.90 Å². The molecule has 1 saturated carbocycles. The molecule has 6 nitrogen and oxygen atoms in total. The first-order valence-corrected chi connectivity index (χ1v) is 9.79. The van der Waals surface area contributed by atoms with Gasteiger partial charge in [0.15, 0.2) is 5.82 Å². The summed E-state index contributed by atoms with van der Waals surface area (Å²) in [4.78, 5) is 4.59. The van der Waals surface area contributed by atoms with Crippen molar-refractivity contribution in [2.24, 2.45) is 0 Å². The number of hydrogen-bond donors (Lipinski definition) is 0. The number of benzene rings is 1. The van der Waals surface area contributed by atoms with E-state index in [0.717, 1.165) is 38.4 Å². The molecule has 1 aliphatic heterocycles. The van der Waals surface area contributed by atoms with Crippen LogP contribution in [0.15, 0.2) is 24.3 Å². The fraction of sp³-hybridized carbons (Fsp3) is 0.632. The van der Waals surface area contributed by atoms with Crippen LogP contribution in [-0.4, -0.2) is 51.3 Å². The van der Waals surface area contributed by atoms with E-state index < -0.39 is 0 Å². The molecule has 0 radical (unpaired) electrons. The van der Waals surface area contributed by atoms with Crippen LogP contribution in [0.4, 0.5) is 10.1 Å². The molecule has 1 aromatic heterocycles. The van der Waals surface area contributed by atoms with Gasteiger partial charge in [-0.15, -0.1) is 5.10 Å². The number of piperazine rings is 1. The predicted octanol–water partition coefficient (Wildman–Crippen LogP) is 3.20. The second kappa shape index (κ2) is 7.70. The highest BCUT2D eigenvalue weighted by Crippen LogP contribution is 2.33. The third-order valence-corrected chi connectivity index (χ3v) is 5.82. The van der Waals surface area contributed by atoms with Gasteiger partial charge < -0.3 is 4.90 Å². The summed E-state index contributed by atoms with van der Waals surface area (Å²) in [5, 5.41) is 12.7. The zero-order valence-corrected chi connectivity index (χ0v) is 15.4. The lowest BCUT2D eigenvalue weighted by molar-refractivity contribution is 0.166. The van der Waals surface area contributed by atoms with Crippen molar-refractivity contribution in [3.8, 4) is 0 Å². The number of nitrogens with zero attached hydrogens (tertiary/aromatic N) is 6. The number of rotatable bonds is 5. The van der Waals surface area contributed by atoms with Gasteiger partial charge in [0.25, 0.3) is 0 Å². The van der Waals surface area contributed by atoms with Crippen LogP contribution in [0.3, 0.4) is 0 Å². The van der Waals surface area contributed by atoms with Crippen LogP contribution in [-0.2, 0) is 0 Å². The van der Waals surface area contributed by atoms with Gasteiger partial charge in [-0.05, 0) is 41.8 Å². The summed E-state index contributed by atoms with van der Waals surface area (Å²) in [5.74, 6) is 0.858. The molecule has 2 fully saturated rings. The molecule has 0 spiro atoms. The van der Waals surface area contributed by atoms with E-state index in [9.17, 15) is 4.39 Å². The molecule has 0 unspecified atom stereocenters. The third kappa shape index (κ3) is 3.32. The average molecular weight is 358 g/mol. The number of halogens is 1. The largest absolute Gasteiger partial charge is 0.367 e. The van der Waals surface area contributed by atoms with Crippen molar-refractivity contribution in [1.82, 2.24) is 25.1 Å². The topological polar surface area (TPSA) is 50.1 Å².